The Labute approximate surface area is 104 Å². The van der Waals surface area contributed by atoms with Crippen LogP contribution < -0.4 is 4.52 Å². The van der Waals surface area contributed by atoms with Crippen molar-refractivity contribution in [3.8, 4) is 5.75 Å². The SMILES string of the molecule is COP(=S)(OC)Oc1cc(C)ccc1[N+](=O)[O-]. The van der Waals surface area contributed by atoms with Crippen molar-refractivity contribution in [2.24, 2.45) is 0 Å². The molecule has 8 heteroatoms. The van der Waals surface area contributed by atoms with Crippen LogP contribution in [0.4, 0.5) is 5.69 Å². The highest BCUT2D eigenvalue weighted by Gasteiger charge is 2.24. The summed E-state index contributed by atoms with van der Waals surface area (Å²) in [5, 5.41) is 10.8. The maximum absolute atomic E-state index is 10.8. The van der Waals surface area contributed by atoms with Gasteiger partial charge in [0, 0.05) is 32.1 Å². The number of aryl methyl sites for hydroxylation is 1. The second-order valence-electron chi connectivity index (χ2n) is 3.13. The minimum absolute atomic E-state index is 0.0574. The summed E-state index contributed by atoms with van der Waals surface area (Å²) in [6.07, 6.45) is 0. The molecule has 0 spiro atoms. The zero-order valence-electron chi connectivity index (χ0n) is 9.58. The van der Waals surface area contributed by atoms with E-state index in [-0.39, 0.29) is 11.4 Å². The van der Waals surface area contributed by atoms with Crippen LogP contribution in [0.1, 0.15) is 5.56 Å². The fourth-order valence-corrected chi connectivity index (χ4v) is 2.04. The molecule has 94 valence electrons. The molecule has 0 saturated carbocycles. The highest BCUT2D eigenvalue weighted by atomic mass is 32.5. The molecule has 0 aromatic heterocycles. The first-order valence-electron chi connectivity index (χ1n) is 4.58. The number of hydrogen-bond donors (Lipinski definition) is 0. The minimum Gasteiger partial charge on any atom is -0.417 e. The number of rotatable bonds is 5. The third-order valence-electron chi connectivity index (χ3n) is 1.97. The molecule has 0 saturated heterocycles. The first kappa shape index (κ1) is 14.1. The van der Waals surface area contributed by atoms with E-state index in [1.165, 1.54) is 26.4 Å². The van der Waals surface area contributed by atoms with Crippen LogP contribution in [0.2, 0.25) is 0 Å². The van der Waals surface area contributed by atoms with Crippen molar-refractivity contribution >= 4 is 24.2 Å². The zero-order valence-corrected chi connectivity index (χ0v) is 11.3. The second-order valence-corrected chi connectivity index (χ2v) is 6.28. The third-order valence-corrected chi connectivity index (χ3v) is 4.40. The molecule has 0 aliphatic heterocycles. The summed E-state index contributed by atoms with van der Waals surface area (Å²) in [6.45, 7) is -1.17. The molecule has 1 rings (SSSR count). The maximum Gasteiger partial charge on any atom is 0.380 e. The lowest BCUT2D eigenvalue weighted by Gasteiger charge is -2.18. The van der Waals surface area contributed by atoms with E-state index in [1.54, 1.807) is 13.0 Å². The summed E-state index contributed by atoms with van der Waals surface area (Å²) in [5.74, 6) is 0.0574. The number of hydrogen-bond acceptors (Lipinski definition) is 6. The van der Waals surface area contributed by atoms with E-state index < -0.39 is 11.6 Å². The van der Waals surface area contributed by atoms with Gasteiger partial charge in [0.05, 0.1) is 4.92 Å². The second kappa shape index (κ2) is 5.55. The molecule has 0 unspecified atom stereocenters. The van der Waals surface area contributed by atoms with Crippen LogP contribution in [-0.2, 0) is 20.9 Å². The summed E-state index contributed by atoms with van der Waals surface area (Å²) in [5.41, 5.74) is 0.651. The molecule has 6 nitrogen and oxygen atoms in total. The first-order chi connectivity index (χ1) is 7.91. The Balaban J connectivity index is 3.16. The van der Waals surface area contributed by atoms with E-state index in [0.717, 1.165) is 5.56 Å². The Morgan fingerprint density at radius 1 is 1.35 bits per heavy atom. The molecular weight excluding hydrogens is 265 g/mol. The van der Waals surface area contributed by atoms with Crippen molar-refractivity contribution < 1.29 is 18.5 Å². The summed E-state index contributed by atoms with van der Waals surface area (Å²) < 4.78 is 15.2. The smallest absolute Gasteiger partial charge is 0.380 e. The Bertz CT molecular complexity index is 470. The predicted molar refractivity (Wildman–Crippen MR) is 66.8 cm³/mol. The molecule has 1 aromatic rings. The molecule has 1 aromatic carbocycles. The van der Waals surface area contributed by atoms with Gasteiger partial charge in [0.15, 0.2) is 0 Å². The number of nitro groups is 1. The Morgan fingerprint density at radius 2 is 1.94 bits per heavy atom. The quantitative estimate of drug-likeness (QED) is 0.468. The van der Waals surface area contributed by atoms with Crippen molar-refractivity contribution in [1.29, 1.82) is 0 Å². The number of nitrogens with zero attached hydrogens (tertiary/aromatic N) is 1. The average Bonchev–Trinajstić information content (AvgIpc) is 2.28. The van der Waals surface area contributed by atoms with Gasteiger partial charge in [-0.2, -0.15) is 0 Å². The van der Waals surface area contributed by atoms with E-state index in [1.807, 2.05) is 0 Å². The van der Waals surface area contributed by atoms with Gasteiger partial charge in [0.25, 0.3) is 0 Å². The fraction of sp³-hybridized carbons (Fsp3) is 0.333. The van der Waals surface area contributed by atoms with Crippen LogP contribution in [0, 0.1) is 17.0 Å². The monoisotopic (exact) mass is 277 g/mol. The Kier molecular flexibility index (Phi) is 4.59. The molecule has 0 amide bonds. The third kappa shape index (κ3) is 3.47. The van der Waals surface area contributed by atoms with Crippen molar-refractivity contribution in [2.45, 2.75) is 6.92 Å². The van der Waals surface area contributed by atoms with Gasteiger partial charge in [-0.15, -0.1) is 0 Å². The average molecular weight is 277 g/mol. The molecule has 0 atom stereocenters. The maximum atomic E-state index is 10.8. The van der Waals surface area contributed by atoms with Gasteiger partial charge in [0.1, 0.15) is 0 Å². The van der Waals surface area contributed by atoms with Gasteiger partial charge in [-0.25, -0.2) is 0 Å². The topological polar surface area (TPSA) is 70.8 Å². The van der Waals surface area contributed by atoms with Gasteiger partial charge < -0.3 is 13.6 Å². The van der Waals surface area contributed by atoms with Gasteiger partial charge in [-0.3, -0.25) is 10.1 Å². The highest BCUT2D eigenvalue weighted by molar-refractivity contribution is 8.07. The van der Waals surface area contributed by atoms with Gasteiger partial charge >= 0.3 is 12.4 Å². The molecule has 0 bridgehead atoms. The van der Waals surface area contributed by atoms with Gasteiger partial charge in [0.2, 0.25) is 5.75 Å². The summed E-state index contributed by atoms with van der Waals surface area (Å²) in [6, 6.07) is 4.50. The van der Waals surface area contributed by atoms with Crippen LogP contribution in [-0.4, -0.2) is 19.1 Å². The van der Waals surface area contributed by atoms with Gasteiger partial charge in [-0.1, -0.05) is 6.07 Å². The zero-order chi connectivity index (χ0) is 13.1. The van der Waals surface area contributed by atoms with Crippen LogP contribution in [0.3, 0.4) is 0 Å². The molecule has 0 N–H and O–H groups in total. The van der Waals surface area contributed by atoms with E-state index >= 15 is 0 Å². The van der Waals surface area contributed by atoms with Crippen LogP contribution in [0.5, 0.6) is 5.75 Å². The fourth-order valence-electron chi connectivity index (χ4n) is 1.11. The van der Waals surface area contributed by atoms with Crippen molar-refractivity contribution in [3.05, 3.63) is 33.9 Å². The molecule has 0 heterocycles. The van der Waals surface area contributed by atoms with Gasteiger partial charge in [-0.05, 0) is 18.6 Å². The molecule has 0 aliphatic carbocycles. The normalized spacial score (nSPS) is 11.2. The van der Waals surface area contributed by atoms with E-state index in [4.69, 9.17) is 25.4 Å². The standard InChI is InChI=1S/C9H12NO5PS/c1-7-4-5-8(10(11)12)9(6-7)15-16(17,13-2)14-3/h4-6H,1-3H3. The molecule has 0 fully saturated rings. The summed E-state index contributed by atoms with van der Waals surface area (Å²) in [4.78, 5) is 10.3. The van der Waals surface area contributed by atoms with E-state index in [0.29, 0.717) is 0 Å². The summed E-state index contributed by atoms with van der Waals surface area (Å²) >= 11 is 5.00. The lowest BCUT2D eigenvalue weighted by molar-refractivity contribution is -0.385. The first-order valence-corrected chi connectivity index (χ1v) is 7.13. The van der Waals surface area contributed by atoms with E-state index in [9.17, 15) is 10.1 Å². The van der Waals surface area contributed by atoms with Crippen molar-refractivity contribution in [3.63, 3.8) is 0 Å². The molecular formula is C9H12NO5PS. The predicted octanol–water partition coefficient (Wildman–Crippen LogP) is 2.80. The number of benzene rings is 1. The van der Waals surface area contributed by atoms with Crippen LogP contribution in [0.25, 0.3) is 0 Å². The van der Waals surface area contributed by atoms with Crippen molar-refractivity contribution in [2.75, 3.05) is 14.2 Å². The van der Waals surface area contributed by atoms with E-state index in [2.05, 4.69) is 0 Å². The molecule has 17 heavy (non-hydrogen) atoms. The van der Waals surface area contributed by atoms with Crippen LogP contribution in [0.15, 0.2) is 18.2 Å². The summed E-state index contributed by atoms with van der Waals surface area (Å²) in [7, 11) is 2.68. The Morgan fingerprint density at radius 3 is 2.41 bits per heavy atom. The van der Waals surface area contributed by atoms with Crippen molar-refractivity contribution in [1.82, 2.24) is 0 Å². The minimum atomic E-state index is -2.96. The lowest BCUT2D eigenvalue weighted by atomic mass is 10.2. The lowest BCUT2D eigenvalue weighted by Crippen LogP contribution is -2.00. The molecule has 0 radical (unpaired) electrons. The Hall–Kier alpha value is -1.01. The largest absolute Gasteiger partial charge is 0.417 e. The highest BCUT2D eigenvalue weighted by Crippen LogP contribution is 2.50. The number of nitro benzene ring substituents is 1. The molecule has 0 aliphatic rings. The van der Waals surface area contributed by atoms with Crippen LogP contribution >= 0.6 is 6.72 Å².